The molecule has 3 nitrogen and oxygen atoms in total. The van der Waals surface area contributed by atoms with Gasteiger partial charge in [0.25, 0.3) is 5.91 Å². The van der Waals surface area contributed by atoms with Crippen molar-refractivity contribution in [2.24, 2.45) is 5.73 Å². The van der Waals surface area contributed by atoms with Crippen LogP contribution in [0.1, 0.15) is 35.7 Å². The van der Waals surface area contributed by atoms with E-state index >= 15 is 0 Å². The van der Waals surface area contributed by atoms with Gasteiger partial charge in [-0.2, -0.15) is 0 Å². The second kappa shape index (κ2) is 7.52. The van der Waals surface area contributed by atoms with Crippen LogP contribution in [0.25, 0.3) is 0 Å². The molecule has 1 aromatic carbocycles. The number of hydrogen-bond acceptors (Lipinski definition) is 2. The molecule has 1 amide bonds. The van der Waals surface area contributed by atoms with Gasteiger partial charge in [-0.15, -0.1) is 0 Å². The van der Waals surface area contributed by atoms with Crippen molar-refractivity contribution in [3.63, 3.8) is 0 Å². The van der Waals surface area contributed by atoms with Crippen molar-refractivity contribution in [3.05, 3.63) is 35.4 Å². The van der Waals surface area contributed by atoms with Gasteiger partial charge in [0.1, 0.15) is 0 Å². The summed E-state index contributed by atoms with van der Waals surface area (Å²) in [4.78, 5) is 14.0. The van der Waals surface area contributed by atoms with Crippen LogP contribution < -0.4 is 5.73 Å². The molecule has 1 rings (SSSR count). The highest BCUT2D eigenvalue weighted by atomic mass is 16.2. The molecular weight excluding hydrogens is 224 g/mol. The minimum Gasteiger partial charge on any atom is -0.342 e. The molecule has 0 saturated carbocycles. The molecule has 0 bridgehead atoms. The van der Waals surface area contributed by atoms with Gasteiger partial charge in [-0.25, -0.2) is 0 Å². The summed E-state index contributed by atoms with van der Waals surface area (Å²) >= 11 is 0. The van der Waals surface area contributed by atoms with Crippen molar-refractivity contribution in [2.75, 3.05) is 20.1 Å². The lowest BCUT2D eigenvalue weighted by molar-refractivity contribution is 0.0793. The SMILES string of the molecule is CCCCN(C)C(=O)c1ccccc1C#CCN. The molecule has 0 aromatic heterocycles. The molecule has 0 heterocycles. The average molecular weight is 244 g/mol. The minimum absolute atomic E-state index is 0.0189. The Balaban J connectivity index is 2.91. The van der Waals surface area contributed by atoms with E-state index in [0.29, 0.717) is 12.1 Å². The van der Waals surface area contributed by atoms with Crippen LogP contribution in [0.3, 0.4) is 0 Å². The van der Waals surface area contributed by atoms with Crippen LogP contribution in [0, 0.1) is 11.8 Å². The Morgan fingerprint density at radius 2 is 2.11 bits per heavy atom. The third kappa shape index (κ3) is 3.90. The van der Waals surface area contributed by atoms with E-state index in [1.165, 1.54) is 0 Å². The van der Waals surface area contributed by atoms with Crippen LogP contribution in [0.15, 0.2) is 24.3 Å². The molecule has 0 atom stereocenters. The maximum Gasteiger partial charge on any atom is 0.254 e. The first-order valence-corrected chi connectivity index (χ1v) is 6.24. The molecule has 96 valence electrons. The molecule has 0 spiro atoms. The summed E-state index contributed by atoms with van der Waals surface area (Å²) in [6.07, 6.45) is 2.09. The minimum atomic E-state index is 0.0189. The lowest BCUT2D eigenvalue weighted by atomic mass is 10.1. The number of nitrogens with two attached hydrogens (primary N) is 1. The van der Waals surface area contributed by atoms with E-state index in [1.807, 2.05) is 31.3 Å². The van der Waals surface area contributed by atoms with Crippen molar-refractivity contribution in [3.8, 4) is 11.8 Å². The standard InChI is InChI=1S/C15H20N2O/c1-3-4-12-17(2)15(18)14-10-6-5-8-13(14)9-7-11-16/h5-6,8,10H,3-4,11-12,16H2,1-2H3. The van der Waals surface area contributed by atoms with E-state index in [-0.39, 0.29) is 5.91 Å². The molecule has 18 heavy (non-hydrogen) atoms. The summed E-state index contributed by atoms with van der Waals surface area (Å²) in [5, 5.41) is 0. The molecule has 3 heteroatoms. The predicted octanol–water partition coefficient (Wildman–Crippen LogP) is 1.87. The van der Waals surface area contributed by atoms with Gasteiger partial charge >= 0.3 is 0 Å². The number of nitrogens with zero attached hydrogens (tertiary/aromatic N) is 1. The van der Waals surface area contributed by atoms with Gasteiger partial charge in [0.05, 0.1) is 12.1 Å². The molecule has 0 aliphatic heterocycles. The first-order chi connectivity index (χ1) is 8.70. The van der Waals surface area contributed by atoms with E-state index in [0.717, 1.165) is 24.9 Å². The van der Waals surface area contributed by atoms with Crippen molar-refractivity contribution in [1.29, 1.82) is 0 Å². The molecule has 0 fully saturated rings. The monoisotopic (exact) mass is 244 g/mol. The van der Waals surface area contributed by atoms with Gasteiger partial charge in [-0.05, 0) is 18.6 Å². The maximum absolute atomic E-state index is 12.3. The highest BCUT2D eigenvalue weighted by Crippen LogP contribution is 2.10. The van der Waals surface area contributed by atoms with Crippen molar-refractivity contribution >= 4 is 5.91 Å². The number of carbonyl (C=O) groups excluding carboxylic acids is 1. The zero-order chi connectivity index (χ0) is 13.4. The van der Waals surface area contributed by atoms with Gasteiger partial charge in [0.2, 0.25) is 0 Å². The normalized spacial score (nSPS) is 9.50. The average Bonchev–Trinajstić information content (AvgIpc) is 2.42. The number of unbranched alkanes of at least 4 members (excludes halogenated alkanes) is 1. The Labute approximate surface area is 109 Å². The Kier molecular flexibility index (Phi) is 5.96. The summed E-state index contributed by atoms with van der Waals surface area (Å²) in [6.45, 7) is 3.18. The van der Waals surface area contributed by atoms with Crippen LogP contribution in [0.4, 0.5) is 0 Å². The predicted molar refractivity (Wildman–Crippen MR) is 74.2 cm³/mol. The summed E-state index contributed by atoms with van der Waals surface area (Å²) in [5.74, 6) is 5.75. The second-order valence-corrected chi connectivity index (χ2v) is 4.13. The topological polar surface area (TPSA) is 46.3 Å². The molecule has 2 N–H and O–H groups in total. The molecule has 0 saturated heterocycles. The third-order valence-corrected chi connectivity index (χ3v) is 2.68. The van der Waals surface area contributed by atoms with Crippen LogP contribution in [0.5, 0.6) is 0 Å². The van der Waals surface area contributed by atoms with Crippen LogP contribution in [0.2, 0.25) is 0 Å². The summed E-state index contributed by atoms with van der Waals surface area (Å²) in [6, 6.07) is 7.40. The van der Waals surface area contributed by atoms with E-state index in [4.69, 9.17) is 5.73 Å². The number of carbonyl (C=O) groups is 1. The highest BCUT2D eigenvalue weighted by molar-refractivity contribution is 5.96. The second-order valence-electron chi connectivity index (χ2n) is 4.13. The zero-order valence-electron chi connectivity index (χ0n) is 11.1. The van der Waals surface area contributed by atoms with Gasteiger partial charge in [0, 0.05) is 19.2 Å². The summed E-state index contributed by atoms with van der Waals surface area (Å²) < 4.78 is 0. The number of amides is 1. The van der Waals surface area contributed by atoms with Crippen LogP contribution >= 0.6 is 0 Å². The molecule has 0 aliphatic carbocycles. The Bertz CT molecular complexity index is 457. The summed E-state index contributed by atoms with van der Waals surface area (Å²) in [7, 11) is 1.82. The van der Waals surface area contributed by atoms with Gasteiger partial charge < -0.3 is 10.6 Å². The fourth-order valence-electron chi connectivity index (χ4n) is 1.63. The number of benzene rings is 1. The Morgan fingerprint density at radius 1 is 1.39 bits per heavy atom. The summed E-state index contributed by atoms with van der Waals surface area (Å²) in [5.41, 5.74) is 6.76. The Morgan fingerprint density at radius 3 is 2.78 bits per heavy atom. The first kappa shape index (κ1) is 14.3. The smallest absolute Gasteiger partial charge is 0.254 e. The van der Waals surface area contributed by atoms with Gasteiger partial charge in [-0.3, -0.25) is 4.79 Å². The first-order valence-electron chi connectivity index (χ1n) is 6.24. The Hall–Kier alpha value is -1.79. The molecule has 1 aromatic rings. The van der Waals surface area contributed by atoms with Gasteiger partial charge in [0.15, 0.2) is 0 Å². The lowest BCUT2D eigenvalue weighted by Gasteiger charge is -2.17. The molecule has 0 unspecified atom stereocenters. The van der Waals surface area contributed by atoms with Crippen LogP contribution in [-0.2, 0) is 0 Å². The zero-order valence-corrected chi connectivity index (χ0v) is 11.1. The van der Waals surface area contributed by atoms with Crippen LogP contribution in [-0.4, -0.2) is 30.9 Å². The molecular formula is C15H20N2O. The third-order valence-electron chi connectivity index (χ3n) is 2.68. The quantitative estimate of drug-likeness (QED) is 0.822. The molecule has 0 aliphatic rings. The lowest BCUT2D eigenvalue weighted by Crippen LogP contribution is -2.28. The van der Waals surface area contributed by atoms with E-state index < -0.39 is 0 Å². The fraction of sp³-hybridized carbons (Fsp3) is 0.400. The van der Waals surface area contributed by atoms with E-state index in [2.05, 4.69) is 18.8 Å². The van der Waals surface area contributed by atoms with Crippen molar-refractivity contribution < 1.29 is 4.79 Å². The van der Waals surface area contributed by atoms with Gasteiger partial charge in [-0.1, -0.05) is 37.3 Å². The fourth-order valence-corrected chi connectivity index (χ4v) is 1.63. The van der Waals surface area contributed by atoms with E-state index in [9.17, 15) is 4.79 Å². The highest BCUT2D eigenvalue weighted by Gasteiger charge is 2.13. The number of rotatable bonds is 4. The van der Waals surface area contributed by atoms with Crippen molar-refractivity contribution in [2.45, 2.75) is 19.8 Å². The maximum atomic E-state index is 12.3. The molecule has 0 radical (unpaired) electrons. The number of hydrogen-bond donors (Lipinski definition) is 1. The largest absolute Gasteiger partial charge is 0.342 e. The van der Waals surface area contributed by atoms with Crippen molar-refractivity contribution in [1.82, 2.24) is 4.90 Å². The van der Waals surface area contributed by atoms with E-state index in [1.54, 1.807) is 4.90 Å².